The van der Waals surface area contributed by atoms with Crippen LogP contribution in [0.2, 0.25) is 0 Å². The Hall–Kier alpha value is -1.51. The Morgan fingerprint density at radius 3 is 2.75 bits per heavy atom. The molecule has 0 bridgehead atoms. The van der Waals surface area contributed by atoms with Gasteiger partial charge in [-0.15, -0.1) is 0 Å². The second-order valence-electron chi connectivity index (χ2n) is 2.55. The third kappa shape index (κ3) is 1.56. The maximum atomic E-state index is 11.1. The van der Waals surface area contributed by atoms with E-state index >= 15 is 0 Å². The summed E-state index contributed by atoms with van der Waals surface area (Å²) in [6.45, 7) is 1.77. The monoisotopic (exact) mass is 165 g/mol. The van der Waals surface area contributed by atoms with Crippen molar-refractivity contribution >= 4 is 11.5 Å². The Kier molecular flexibility index (Phi) is 2.33. The molecule has 0 amide bonds. The van der Waals surface area contributed by atoms with Gasteiger partial charge >= 0.3 is 0 Å². The van der Waals surface area contributed by atoms with Gasteiger partial charge in [0.2, 0.25) is 0 Å². The minimum Gasteiger partial charge on any atom is -0.506 e. The number of hydrogen-bond donors (Lipinski definition) is 2. The first-order valence-electron chi connectivity index (χ1n) is 3.77. The standard InChI is InChI=1S/C9H11NO2/c1-2-8(11)6-3-4-7(10)9(12)5-6/h3-5,12H,2,10H2,1H3. The van der Waals surface area contributed by atoms with Crippen molar-refractivity contribution in [3.63, 3.8) is 0 Å². The van der Waals surface area contributed by atoms with Crippen LogP contribution in [0.4, 0.5) is 5.69 Å². The van der Waals surface area contributed by atoms with Crippen LogP contribution in [0.5, 0.6) is 5.75 Å². The van der Waals surface area contributed by atoms with Crippen molar-refractivity contribution in [2.75, 3.05) is 5.73 Å². The van der Waals surface area contributed by atoms with Gasteiger partial charge in [-0.3, -0.25) is 4.79 Å². The normalized spacial score (nSPS) is 9.75. The molecule has 3 nitrogen and oxygen atoms in total. The molecule has 0 aliphatic carbocycles. The van der Waals surface area contributed by atoms with Crippen molar-refractivity contribution in [2.45, 2.75) is 13.3 Å². The summed E-state index contributed by atoms with van der Waals surface area (Å²) in [5.74, 6) is -0.0281. The molecule has 0 fully saturated rings. The average Bonchev–Trinajstić information content (AvgIpc) is 2.08. The first-order chi connectivity index (χ1) is 5.65. The van der Waals surface area contributed by atoms with Crippen molar-refractivity contribution in [1.29, 1.82) is 0 Å². The van der Waals surface area contributed by atoms with Gasteiger partial charge in [-0.05, 0) is 18.2 Å². The molecule has 0 aromatic heterocycles. The molecular weight excluding hydrogens is 154 g/mol. The minimum atomic E-state index is -0.0331. The molecule has 3 heteroatoms. The summed E-state index contributed by atoms with van der Waals surface area (Å²) < 4.78 is 0. The lowest BCUT2D eigenvalue weighted by Gasteiger charge is -2.00. The highest BCUT2D eigenvalue weighted by Crippen LogP contribution is 2.21. The van der Waals surface area contributed by atoms with Crippen LogP contribution >= 0.6 is 0 Å². The maximum Gasteiger partial charge on any atom is 0.162 e. The molecule has 0 spiro atoms. The number of rotatable bonds is 2. The molecule has 0 atom stereocenters. The zero-order valence-electron chi connectivity index (χ0n) is 6.87. The number of nitrogen functional groups attached to an aromatic ring is 1. The predicted octanol–water partition coefficient (Wildman–Crippen LogP) is 1.57. The third-order valence-corrected chi connectivity index (χ3v) is 1.67. The Balaban J connectivity index is 3.05. The van der Waals surface area contributed by atoms with Gasteiger partial charge < -0.3 is 10.8 Å². The van der Waals surface area contributed by atoms with Crippen molar-refractivity contribution in [1.82, 2.24) is 0 Å². The molecule has 0 radical (unpaired) electrons. The molecule has 0 saturated carbocycles. The fourth-order valence-electron chi connectivity index (χ4n) is 0.921. The number of Topliss-reactive ketones (excluding diaryl/α,β-unsaturated/α-hetero) is 1. The van der Waals surface area contributed by atoms with E-state index in [1.807, 2.05) is 0 Å². The van der Waals surface area contributed by atoms with E-state index in [2.05, 4.69) is 0 Å². The van der Waals surface area contributed by atoms with Crippen LogP contribution in [0.3, 0.4) is 0 Å². The summed E-state index contributed by atoms with van der Waals surface area (Å²) in [7, 11) is 0. The lowest BCUT2D eigenvalue weighted by Crippen LogP contribution is -1.96. The van der Waals surface area contributed by atoms with Gasteiger partial charge in [-0.2, -0.15) is 0 Å². The molecule has 1 rings (SSSR count). The number of carbonyl (C=O) groups is 1. The van der Waals surface area contributed by atoms with Crippen LogP contribution in [0, 0.1) is 0 Å². The summed E-state index contributed by atoms with van der Waals surface area (Å²) in [6, 6.07) is 4.53. The molecule has 64 valence electrons. The number of phenols is 1. The number of aromatic hydroxyl groups is 1. The van der Waals surface area contributed by atoms with Gasteiger partial charge in [0.05, 0.1) is 5.69 Å². The highest BCUT2D eigenvalue weighted by atomic mass is 16.3. The van der Waals surface area contributed by atoms with Gasteiger partial charge in [0, 0.05) is 12.0 Å². The van der Waals surface area contributed by atoms with Crippen LogP contribution in [0.15, 0.2) is 18.2 Å². The predicted molar refractivity (Wildman–Crippen MR) is 47.1 cm³/mol. The summed E-state index contributed by atoms with van der Waals surface area (Å²) in [5, 5.41) is 9.17. The average molecular weight is 165 g/mol. The number of ketones is 1. The van der Waals surface area contributed by atoms with Gasteiger partial charge in [-0.25, -0.2) is 0 Å². The molecule has 1 aromatic carbocycles. The third-order valence-electron chi connectivity index (χ3n) is 1.67. The lowest BCUT2D eigenvalue weighted by atomic mass is 10.1. The van der Waals surface area contributed by atoms with E-state index in [0.717, 1.165) is 0 Å². The maximum absolute atomic E-state index is 11.1. The van der Waals surface area contributed by atoms with Crippen molar-refractivity contribution in [3.8, 4) is 5.75 Å². The van der Waals surface area contributed by atoms with Gasteiger partial charge in [0.15, 0.2) is 5.78 Å². The Labute approximate surface area is 70.8 Å². The van der Waals surface area contributed by atoms with E-state index in [0.29, 0.717) is 17.7 Å². The fraction of sp³-hybridized carbons (Fsp3) is 0.222. The first kappa shape index (κ1) is 8.59. The second-order valence-corrected chi connectivity index (χ2v) is 2.55. The number of nitrogens with two attached hydrogens (primary N) is 1. The van der Waals surface area contributed by atoms with E-state index in [4.69, 9.17) is 10.8 Å². The fourth-order valence-corrected chi connectivity index (χ4v) is 0.921. The second kappa shape index (κ2) is 3.26. The Morgan fingerprint density at radius 1 is 1.58 bits per heavy atom. The quantitative estimate of drug-likeness (QED) is 0.397. The molecule has 0 aliphatic rings. The summed E-state index contributed by atoms with van der Waals surface area (Å²) >= 11 is 0. The zero-order chi connectivity index (χ0) is 9.14. The van der Waals surface area contributed by atoms with Crippen LogP contribution < -0.4 is 5.73 Å². The van der Waals surface area contributed by atoms with Crippen LogP contribution in [0.25, 0.3) is 0 Å². The van der Waals surface area contributed by atoms with Crippen LogP contribution in [-0.2, 0) is 0 Å². The molecule has 0 aliphatic heterocycles. The minimum absolute atomic E-state index is 0.00491. The van der Waals surface area contributed by atoms with Crippen LogP contribution in [0.1, 0.15) is 23.7 Å². The number of hydrogen-bond acceptors (Lipinski definition) is 3. The van der Waals surface area contributed by atoms with E-state index < -0.39 is 0 Å². The largest absolute Gasteiger partial charge is 0.506 e. The Morgan fingerprint density at radius 2 is 2.25 bits per heavy atom. The zero-order valence-corrected chi connectivity index (χ0v) is 6.87. The molecule has 1 aromatic rings. The van der Waals surface area contributed by atoms with Gasteiger partial charge in [-0.1, -0.05) is 6.92 Å². The van der Waals surface area contributed by atoms with E-state index in [9.17, 15) is 4.79 Å². The molecule has 12 heavy (non-hydrogen) atoms. The first-order valence-corrected chi connectivity index (χ1v) is 3.77. The number of anilines is 1. The van der Waals surface area contributed by atoms with Gasteiger partial charge in [0.1, 0.15) is 5.75 Å². The van der Waals surface area contributed by atoms with Crippen molar-refractivity contribution < 1.29 is 9.90 Å². The number of carbonyl (C=O) groups excluding carboxylic acids is 1. The summed E-state index contributed by atoms with van der Waals surface area (Å²) in [6.07, 6.45) is 0.434. The highest BCUT2D eigenvalue weighted by molar-refractivity contribution is 5.96. The van der Waals surface area contributed by atoms with E-state index in [1.54, 1.807) is 13.0 Å². The summed E-state index contributed by atoms with van der Waals surface area (Å²) in [4.78, 5) is 11.1. The van der Waals surface area contributed by atoms with E-state index in [1.165, 1.54) is 12.1 Å². The van der Waals surface area contributed by atoms with Gasteiger partial charge in [0.25, 0.3) is 0 Å². The topological polar surface area (TPSA) is 63.3 Å². The van der Waals surface area contributed by atoms with Crippen molar-refractivity contribution in [2.24, 2.45) is 0 Å². The number of phenolic OH excluding ortho intramolecular Hbond substituents is 1. The van der Waals surface area contributed by atoms with E-state index in [-0.39, 0.29) is 11.5 Å². The molecular formula is C9H11NO2. The smallest absolute Gasteiger partial charge is 0.162 e. The van der Waals surface area contributed by atoms with Crippen molar-refractivity contribution in [3.05, 3.63) is 23.8 Å². The SMILES string of the molecule is CCC(=O)c1ccc(N)c(O)c1. The molecule has 0 heterocycles. The number of benzene rings is 1. The molecule has 0 unspecified atom stereocenters. The summed E-state index contributed by atoms with van der Waals surface area (Å²) in [5.41, 5.74) is 6.17. The Bertz CT molecular complexity index is 307. The van der Waals surface area contributed by atoms with Crippen LogP contribution in [-0.4, -0.2) is 10.9 Å². The highest BCUT2D eigenvalue weighted by Gasteiger charge is 2.04. The molecule has 0 saturated heterocycles. The molecule has 3 N–H and O–H groups in total. The lowest BCUT2D eigenvalue weighted by molar-refractivity contribution is 0.0988.